The predicted octanol–water partition coefficient (Wildman–Crippen LogP) is 5.05. The summed E-state index contributed by atoms with van der Waals surface area (Å²) in [7, 11) is 0. The van der Waals surface area contributed by atoms with E-state index >= 15 is 0 Å². The molecule has 0 spiro atoms. The van der Waals surface area contributed by atoms with Crippen LogP contribution in [0.25, 0.3) is 0 Å². The van der Waals surface area contributed by atoms with E-state index in [-0.39, 0.29) is 0 Å². The van der Waals surface area contributed by atoms with Gasteiger partial charge in [0.1, 0.15) is 0 Å². The average molecular weight is 281 g/mol. The maximum absolute atomic E-state index is 3.68. The Balaban J connectivity index is 2.03. The lowest BCUT2D eigenvalue weighted by Gasteiger charge is -2.19. The van der Waals surface area contributed by atoms with Crippen LogP contribution in [0.1, 0.15) is 49.1 Å². The zero-order valence-electron chi connectivity index (χ0n) is 10.1. The van der Waals surface area contributed by atoms with Gasteiger partial charge in [0.15, 0.2) is 0 Å². The van der Waals surface area contributed by atoms with Crippen molar-refractivity contribution in [2.24, 2.45) is 5.92 Å². The van der Waals surface area contributed by atoms with Crippen molar-refractivity contribution >= 4 is 15.9 Å². The zero-order valence-corrected chi connectivity index (χ0v) is 11.7. The molecular weight excluding hydrogens is 260 g/mol. The fraction of sp³-hybridized carbons (Fsp3) is 0.600. The fourth-order valence-electron chi connectivity index (χ4n) is 2.86. The van der Waals surface area contributed by atoms with Crippen LogP contribution >= 0.6 is 15.9 Å². The van der Waals surface area contributed by atoms with Crippen molar-refractivity contribution in [3.8, 4) is 0 Å². The minimum atomic E-state index is 0.711. The summed E-state index contributed by atoms with van der Waals surface area (Å²) >= 11 is 3.68. The Morgan fingerprint density at radius 1 is 1.31 bits per heavy atom. The molecule has 1 saturated carbocycles. The van der Waals surface area contributed by atoms with Gasteiger partial charge in [-0.05, 0) is 30.7 Å². The molecule has 0 N–H and O–H groups in total. The minimum Gasteiger partial charge on any atom is -0.0921 e. The summed E-state index contributed by atoms with van der Waals surface area (Å²) in [5, 5.41) is 1.10. The summed E-state index contributed by atoms with van der Waals surface area (Å²) in [4.78, 5) is 0. The molecule has 1 aliphatic carbocycles. The second kappa shape index (κ2) is 5.86. The van der Waals surface area contributed by atoms with Gasteiger partial charge in [0, 0.05) is 5.33 Å². The molecule has 0 aromatic heterocycles. The van der Waals surface area contributed by atoms with E-state index in [0.29, 0.717) is 5.92 Å². The molecule has 1 heteroatoms. The quantitative estimate of drug-likeness (QED) is 0.677. The van der Waals surface area contributed by atoms with E-state index in [1.54, 1.807) is 0 Å². The van der Waals surface area contributed by atoms with Gasteiger partial charge in [0.25, 0.3) is 0 Å². The summed E-state index contributed by atoms with van der Waals surface area (Å²) < 4.78 is 0. The van der Waals surface area contributed by atoms with E-state index in [0.717, 1.165) is 11.2 Å². The molecule has 0 radical (unpaired) electrons. The molecule has 1 aromatic carbocycles. The van der Waals surface area contributed by atoms with E-state index < -0.39 is 0 Å². The molecule has 0 amide bonds. The average Bonchev–Trinajstić information content (AvgIpc) is 2.78. The maximum atomic E-state index is 3.68. The molecule has 1 fully saturated rings. The molecule has 0 heterocycles. The van der Waals surface area contributed by atoms with Crippen molar-refractivity contribution in [2.45, 2.75) is 44.9 Å². The molecule has 0 saturated heterocycles. The molecule has 88 valence electrons. The Kier molecular flexibility index (Phi) is 4.45. The van der Waals surface area contributed by atoms with Crippen LogP contribution in [-0.2, 0) is 0 Å². The third-order valence-electron chi connectivity index (χ3n) is 3.79. The van der Waals surface area contributed by atoms with Gasteiger partial charge in [-0.15, -0.1) is 0 Å². The molecule has 0 aliphatic heterocycles. The monoisotopic (exact) mass is 280 g/mol. The first-order valence-electron chi connectivity index (χ1n) is 6.42. The van der Waals surface area contributed by atoms with Crippen molar-refractivity contribution in [2.75, 3.05) is 5.33 Å². The van der Waals surface area contributed by atoms with Crippen molar-refractivity contribution in [3.63, 3.8) is 0 Å². The second-order valence-electron chi connectivity index (χ2n) is 5.15. The maximum Gasteiger partial charge on any atom is 0.0100 e. The molecule has 0 bridgehead atoms. The van der Waals surface area contributed by atoms with Gasteiger partial charge >= 0.3 is 0 Å². The molecule has 1 atom stereocenters. The lowest BCUT2D eigenvalue weighted by atomic mass is 9.89. The normalized spacial score (nSPS) is 18.9. The zero-order chi connectivity index (χ0) is 11.4. The van der Waals surface area contributed by atoms with Crippen molar-refractivity contribution in [1.29, 1.82) is 0 Å². The number of benzene rings is 1. The number of halogens is 1. The van der Waals surface area contributed by atoms with E-state index in [9.17, 15) is 0 Å². The highest BCUT2D eigenvalue weighted by Gasteiger charge is 2.20. The number of aryl methyl sites for hydroxylation is 1. The predicted molar refractivity (Wildman–Crippen MR) is 74.3 cm³/mol. The summed E-state index contributed by atoms with van der Waals surface area (Å²) in [5.41, 5.74) is 2.90. The van der Waals surface area contributed by atoms with Gasteiger partial charge in [-0.2, -0.15) is 0 Å². The molecule has 16 heavy (non-hydrogen) atoms. The van der Waals surface area contributed by atoms with Gasteiger partial charge in [0.2, 0.25) is 0 Å². The van der Waals surface area contributed by atoms with Crippen LogP contribution in [0.2, 0.25) is 0 Å². The smallest absolute Gasteiger partial charge is 0.0100 e. The van der Waals surface area contributed by atoms with Gasteiger partial charge < -0.3 is 0 Å². The lowest BCUT2D eigenvalue weighted by molar-refractivity contribution is 0.464. The Morgan fingerprint density at radius 3 is 2.69 bits per heavy atom. The summed E-state index contributed by atoms with van der Waals surface area (Å²) in [5.74, 6) is 1.69. The molecule has 1 aromatic rings. The van der Waals surface area contributed by atoms with Crippen LogP contribution in [-0.4, -0.2) is 5.33 Å². The van der Waals surface area contributed by atoms with Crippen LogP contribution in [0.4, 0.5) is 0 Å². The highest BCUT2D eigenvalue weighted by molar-refractivity contribution is 9.09. The van der Waals surface area contributed by atoms with Crippen LogP contribution in [0, 0.1) is 12.8 Å². The number of hydrogen-bond acceptors (Lipinski definition) is 0. The van der Waals surface area contributed by atoms with Crippen molar-refractivity contribution < 1.29 is 0 Å². The highest BCUT2D eigenvalue weighted by atomic mass is 79.9. The van der Waals surface area contributed by atoms with E-state index in [2.05, 4.69) is 47.1 Å². The van der Waals surface area contributed by atoms with Gasteiger partial charge in [-0.25, -0.2) is 0 Å². The van der Waals surface area contributed by atoms with E-state index in [1.165, 1.54) is 43.2 Å². The van der Waals surface area contributed by atoms with Crippen LogP contribution in [0.15, 0.2) is 24.3 Å². The summed E-state index contributed by atoms with van der Waals surface area (Å²) in [6, 6.07) is 9.01. The molecular formula is C15H21Br. The fourth-order valence-corrected chi connectivity index (χ4v) is 3.50. The lowest BCUT2D eigenvalue weighted by Crippen LogP contribution is -2.06. The first kappa shape index (κ1) is 12.2. The van der Waals surface area contributed by atoms with Gasteiger partial charge in [0.05, 0.1) is 0 Å². The first-order valence-corrected chi connectivity index (χ1v) is 7.54. The van der Waals surface area contributed by atoms with Gasteiger partial charge in [-0.3, -0.25) is 0 Å². The van der Waals surface area contributed by atoms with Crippen LogP contribution in [0.3, 0.4) is 0 Å². The number of hydrogen-bond donors (Lipinski definition) is 0. The van der Waals surface area contributed by atoms with Crippen LogP contribution < -0.4 is 0 Å². The van der Waals surface area contributed by atoms with Crippen LogP contribution in [0.5, 0.6) is 0 Å². The molecule has 2 rings (SSSR count). The molecule has 1 unspecified atom stereocenters. The first-order chi connectivity index (χ1) is 7.79. The largest absolute Gasteiger partial charge is 0.0921 e. The molecule has 0 nitrogen and oxygen atoms in total. The highest BCUT2D eigenvalue weighted by Crippen LogP contribution is 2.35. The Morgan fingerprint density at radius 2 is 2.06 bits per heavy atom. The third kappa shape index (κ3) is 3.10. The van der Waals surface area contributed by atoms with Gasteiger partial charge in [-0.1, -0.05) is 71.4 Å². The van der Waals surface area contributed by atoms with E-state index in [1.807, 2.05) is 0 Å². The summed E-state index contributed by atoms with van der Waals surface area (Å²) in [6.07, 6.45) is 7.18. The Bertz CT molecular complexity index is 326. The van der Waals surface area contributed by atoms with Crippen molar-refractivity contribution in [3.05, 3.63) is 35.4 Å². The third-order valence-corrected chi connectivity index (χ3v) is 4.57. The van der Waals surface area contributed by atoms with Crippen molar-refractivity contribution in [1.82, 2.24) is 0 Å². The number of rotatable bonds is 4. The topological polar surface area (TPSA) is 0 Å². The second-order valence-corrected chi connectivity index (χ2v) is 5.80. The minimum absolute atomic E-state index is 0.711. The Hall–Kier alpha value is -0.300. The molecule has 1 aliphatic rings. The standard InChI is InChI=1S/C15H21Br/c1-12-5-4-8-14(9-12)15(11-16)10-13-6-2-3-7-13/h4-5,8-9,13,15H,2-3,6-7,10-11H2,1H3. The van der Waals surface area contributed by atoms with E-state index in [4.69, 9.17) is 0 Å². The summed E-state index contributed by atoms with van der Waals surface area (Å²) in [6.45, 7) is 2.18. The number of alkyl halides is 1. The Labute approximate surface area is 108 Å². The SMILES string of the molecule is Cc1cccc(C(CBr)CC2CCCC2)c1.